The van der Waals surface area contributed by atoms with Crippen molar-refractivity contribution in [2.24, 2.45) is 0 Å². The third-order valence-corrected chi connectivity index (χ3v) is 9.73. The summed E-state index contributed by atoms with van der Waals surface area (Å²) in [6.07, 6.45) is 0. The van der Waals surface area contributed by atoms with Crippen molar-refractivity contribution in [3.63, 3.8) is 0 Å². The zero-order valence-corrected chi connectivity index (χ0v) is 27.5. The monoisotopic (exact) mass is 651 g/mol. The molecule has 8 aromatic carbocycles. The molecule has 4 nitrogen and oxygen atoms in total. The van der Waals surface area contributed by atoms with Gasteiger partial charge < -0.3 is 4.42 Å². The molecule has 10 aromatic rings. The molecule has 0 aliphatic rings. The Kier molecular flexibility index (Phi) is 6.78. The van der Waals surface area contributed by atoms with Gasteiger partial charge in [0.2, 0.25) is 0 Å². The Morgan fingerprint density at radius 2 is 0.863 bits per heavy atom. The number of benzene rings is 8. The van der Waals surface area contributed by atoms with Gasteiger partial charge in [0.05, 0.1) is 0 Å². The van der Waals surface area contributed by atoms with Crippen molar-refractivity contribution in [1.29, 1.82) is 0 Å². The van der Waals surface area contributed by atoms with Crippen LogP contribution < -0.4 is 0 Å². The van der Waals surface area contributed by atoms with E-state index in [0.717, 1.165) is 66.1 Å². The maximum Gasteiger partial charge on any atom is 0.164 e. The first-order valence-corrected chi connectivity index (χ1v) is 17.1. The van der Waals surface area contributed by atoms with Crippen LogP contribution in [-0.2, 0) is 0 Å². The van der Waals surface area contributed by atoms with Crippen LogP contribution >= 0.6 is 0 Å². The molecule has 2 heterocycles. The molecule has 0 radical (unpaired) electrons. The molecule has 238 valence electrons. The fourth-order valence-corrected chi connectivity index (χ4v) is 7.21. The van der Waals surface area contributed by atoms with E-state index in [1.165, 1.54) is 16.3 Å². The summed E-state index contributed by atoms with van der Waals surface area (Å²) in [4.78, 5) is 15.4. The van der Waals surface area contributed by atoms with Gasteiger partial charge in [-0.2, -0.15) is 0 Å². The predicted molar refractivity (Wildman–Crippen MR) is 209 cm³/mol. The minimum absolute atomic E-state index is 0.594. The number of hydrogen-bond donors (Lipinski definition) is 0. The van der Waals surface area contributed by atoms with Crippen molar-refractivity contribution < 1.29 is 4.42 Å². The smallest absolute Gasteiger partial charge is 0.164 e. The minimum Gasteiger partial charge on any atom is -0.455 e. The summed E-state index contributed by atoms with van der Waals surface area (Å²) in [6, 6.07) is 61.0. The third-order valence-electron chi connectivity index (χ3n) is 9.73. The van der Waals surface area contributed by atoms with E-state index in [-0.39, 0.29) is 0 Å². The lowest BCUT2D eigenvalue weighted by atomic mass is 9.94. The number of nitrogens with zero attached hydrogens (tertiary/aromatic N) is 3. The van der Waals surface area contributed by atoms with Crippen molar-refractivity contribution in [2.45, 2.75) is 0 Å². The van der Waals surface area contributed by atoms with Crippen LogP contribution in [0.4, 0.5) is 0 Å². The van der Waals surface area contributed by atoms with Crippen LogP contribution in [0, 0.1) is 0 Å². The first kappa shape index (κ1) is 29.0. The zero-order valence-electron chi connectivity index (χ0n) is 27.5. The summed E-state index contributed by atoms with van der Waals surface area (Å²) in [5.41, 5.74) is 8.82. The maximum absolute atomic E-state index is 6.87. The van der Waals surface area contributed by atoms with Crippen LogP contribution in [0.2, 0.25) is 0 Å². The van der Waals surface area contributed by atoms with E-state index in [1.807, 2.05) is 36.4 Å². The van der Waals surface area contributed by atoms with Crippen LogP contribution in [0.5, 0.6) is 0 Å². The fraction of sp³-hybridized carbons (Fsp3) is 0. The number of hydrogen-bond acceptors (Lipinski definition) is 4. The van der Waals surface area contributed by atoms with Crippen molar-refractivity contribution >= 4 is 43.5 Å². The second-order valence-electron chi connectivity index (χ2n) is 12.8. The number of fused-ring (bicyclic) bond motifs is 5. The first-order valence-electron chi connectivity index (χ1n) is 17.1. The summed E-state index contributed by atoms with van der Waals surface area (Å²) in [5.74, 6) is 1.83. The molecule has 0 fully saturated rings. The van der Waals surface area contributed by atoms with Gasteiger partial charge in [0, 0.05) is 33.0 Å². The molecule has 4 heteroatoms. The molecular weight excluding hydrogens is 623 g/mol. The Labute approximate surface area is 294 Å². The maximum atomic E-state index is 6.87. The van der Waals surface area contributed by atoms with Crippen molar-refractivity contribution in [3.05, 3.63) is 176 Å². The van der Waals surface area contributed by atoms with Crippen LogP contribution in [0.15, 0.2) is 180 Å². The van der Waals surface area contributed by atoms with E-state index < -0.39 is 0 Å². The molecule has 0 aliphatic carbocycles. The molecule has 0 saturated carbocycles. The second kappa shape index (κ2) is 11.9. The highest BCUT2D eigenvalue weighted by Gasteiger charge is 2.22. The Balaban J connectivity index is 1.24. The van der Waals surface area contributed by atoms with Crippen LogP contribution in [0.1, 0.15) is 0 Å². The highest BCUT2D eigenvalue weighted by atomic mass is 16.3. The summed E-state index contributed by atoms with van der Waals surface area (Å²) >= 11 is 0. The van der Waals surface area contributed by atoms with Gasteiger partial charge in [-0.3, -0.25) is 0 Å². The quantitative estimate of drug-likeness (QED) is 0.186. The standard InChI is InChI=1S/C47H29N3O/c1-3-12-30(13-4-1)31-22-24-34(25-23-31)46-48-45(33-15-5-2-6-16-33)49-47(50-46)40-27-26-39(38-21-11-19-32-14-9-10-20-37(32)38)44-43(40)41-28-35-17-7-8-18-36(35)29-42(41)51-44/h1-29H. The molecular formula is C47H29N3O. The lowest BCUT2D eigenvalue weighted by molar-refractivity contribution is 0.670. The summed E-state index contributed by atoms with van der Waals surface area (Å²) in [6.45, 7) is 0. The largest absolute Gasteiger partial charge is 0.455 e. The van der Waals surface area contributed by atoms with Crippen molar-refractivity contribution in [3.8, 4) is 56.4 Å². The summed E-state index contributed by atoms with van der Waals surface area (Å²) in [7, 11) is 0. The average molecular weight is 652 g/mol. The van der Waals surface area contributed by atoms with E-state index >= 15 is 0 Å². The predicted octanol–water partition coefficient (Wildman–Crippen LogP) is 12.4. The molecule has 0 amide bonds. The zero-order chi connectivity index (χ0) is 33.7. The Morgan fingerprint density at radius 1 is 0.333 bits per heavy atom. The molecule has 0 atom stereocenters. The molecule has 51 heavy (non-hydrogen) atoms. The van der Waals surface area contributed by atoms with E-state index in [0.29, 0.717) is 17.5 Å². The highest BCUT2D eigenvalue weighted by Crippen LogP contribution is 2.44. The van der Waals surface area contributed by atoms with Gasteiger partial charge in [-0.15, -0.1) is 0 Å². The van der Waals surface area contributed by atoms with E-state index in [9.17, 15) is 0 Å². The molecule has 0 unspecified atom stereocenters. The molecule has 10 rings (SSSR count). The normalized spacial score (nSPS) is 11.5. The van der Waals surface area contributed by atoms with Gasteiger partial charge in [-0.05, 0) is 62.5 Å². The highest BCUT2D eigenvalue weighted by molar-refractivity contribution is 6.19. The lowest BCUT2D eigenvalue weighted by Crippen LogP contribution is -2.00. The van der Waals surface area contributed by atoms with E-state index in [2.05, 4.69) is 140 Å². The van der Waals surface area contributed by atoms with Crippen molar-refractivity contribution in [1.82, 2.24) is 15.0 Å². The topological polar surface area (TPSA) is 51.8 Å². The van der Waals surface area contributed by atoms with Gasteiger partial charge in [0.25, 0.3) is 0 Å². The van der Waals surface area contributed by atoms with Gasteiger partial charge in [-0.1, -0.05) is 152 Å². The second-order valence-corrected chi connectivity index (χ2v) is 12.8. The lowest BCUT2D eigenvalue weighted by Gasteiger charge is -2.12. The van der Waals surface area contributed by atoms with E-state index in [1.54, 1.807) is 0 Å². The number of furan rings is 1. The van der Waals surface area contributed by atoms with Gasteiger partial charge >= 0.3 is 0 Å². The Morgan fingerprint density at radius 3 is 1.61 bits per heavy atom. The first-order chi connectivity index (χ1) is 25.3. The third kappa shape index (κ3) is 5.04. The SMILES string of the molecule is c1ccc(-c2ccc(-c3nc(-c4ccccc4)nc(-c4ccc(-c5cccc6ccccc56)c5oc6cc7ccccc7cc6c45)n3)cc2)cc1. The fourth-order valence-electron chi connectivity index (χ4n) is 7.21. The molecule has 0 aliphatic heterocycles. The average Bonchev–Trinajstić information content (AvgIpc) is 3.58. The number of aromatic nitrogens is 3. The minimum atomic E-state index is 0.594. The number of rotatable bonds is 5. The van der Waals surface area contributed by atoms with Crippen LogP contribution in [-0.4, -0.2) is 15.0 Å². The van der Waals surface area contributed by atoms with Gasteiger partial charge in [-0.25, -0.2) is 15.0 Å². The summed E-state index contributed by atoms with van der Waals surface area (Å²) in [5, 5.41) is 6.64. The van der Waals surface area contributed by atoms with E-state index in [4.69, 9.17) is 19.4 Å². The van der Waals surface area contributed by atoms with Gasteiger partial charge in [0.15, 0.2) is 17.5 Å². The Hall–Kier alpha value is -6.91. The Bertz CT molecular complexity index is 2890. The van der Waals surface area contributed by atoms with Crippen LogP contribution in [0.25, 0.3) is 99.9 Å². The molecule has 2 aromatic heterocycles. The molecule has 0 N–H and O–H groups in total. The van der Waals surface area contributed by atoms with Crippen LogP contribution in [0.3, 0.4) is 0 Å². The van der Waals surface area contributed by atoms with Crippen molar-refractivity contribution in [2.75, 3.05) is 0 Å². The van der Waals surface area contributed by atoms with Gasteiger partial charge in [0.1, 0.15) is 11.2 Å². The summed E-state index contributed by atoms with van der Waals surface area (Å²) < 4.78 is 6.87. The molecule has 0 bridgehead atoms. The molecule has 0 saturated heterocycles. The molecule has 0 spiro atoms.